The number of rotatable bonds is 6. The minimum atomic E-state index is -0.538. The third-order valence-electron chi connectivity index (χ3n) is 4.62. The number of ether oxygens (including phenoxy) is 1. The van der Waals surface area contributed by atoms with Gasteiger partial charge in [-0.3, -0.25) is 9.59 Å². The summed E-state index contributed by atoms with van der Waals surface area (Å²) in [6.45, 7) is 5.95. The molecule has 0 radical (unpaired) electrons. The molecule has 3 amide bonds. The number of likely N-dealkylation sites (N-methyl/N-ethyl adjacent to an activating group) is 1. The minimum Gasteiger partial charge on any atom is -0.444 e. The van der Waals surface area contributed by atoms with Crippen LogP contribution in [-0.2, 0) is 9.53 Å². The fourth-order valence-electron chi connectivity index (χ4n) is 3.30. The van der Waals surface area contributed by atoms with E-state index in [1.165, 1.54) is 16.2 Å². The van der Waals surface area contributed by atoms with Gasteiger partial charge in [0.1, 0.15) is 5.60 Å². The molecule has 2 rings (SSSR count). The lowest BCUT2D eigenvalue weighted by atomic mass is 9.84. The average molecular weight is 410 g/mol. The fraction of sp³-hybridized carbons (Fsp3) is 0.650. The van der Waals surface area contributed by atoms with Gasteiger partial charge in [0.05, 0.1) is 11.4 Å². The van der Waals surface area contributed by atoms with Crippen LogP contribution in [0.3, 0.4) is 0 Å². The van der Waals surface area contributed by atoms with E-state index in [1.54, 1.807) is 13.1 Å². The molecule has 156 valence electrons. The smallest absolute Gasteiger partial charge is 0.407 e. The molecule has 1 saturated carbocycles. The highest BCUT2D eigenvalue weighted by atomic mass is 32.1. The van der Waals surface area contributed by atoms with Crippen molar-refractivity contribution in [3.8, 4) is 0 Å². The number of nitrogens with one attached hydrogen (secondary N) is 2. The summed E-state index contributed by atoms with van der Waals surface area (Å²) in [6, 6.07) is 3.55. The lowest BCUT2D eigenvalue weighted by Crippen LogP contribution is -2.49. The monoisotopic (exact) mass is 409 g/mol. The first-order valence-electron chi connectivity index (χ1n) is 9.71. The van der Waals surface area contributed by atoms with Gasteiger partial charge in [-0.15, -0.1) is 11.3 Å². The predicted octanol–water partition coefficient (Wildman–Crippen LogP) is 3.02. The Morgan fingerprint density at radius 2 is 1.96 bits per heavy atom. The SMILES string of the molecule is CN(CC(=O)N[C@@H]1CCCC[C@H]1CNC(=O)OC(C)(C)C)C(=O)c1cccs1. The standard InChI is InChI=1S/C20H31N3O4S/c1-20(2,3)27-19(26)21-12-14-8-5-6-9-15(14)22-17(24)13-23(4)18(25)16-10-7-11-28-16/h7,10-11,14-15H,5-6,8-9,12-13H2,1-4H3,(H,21,26)(H,22,24)/t14-,15+/m0/s1. The molecule has 0 unspecified atom stereocenters. The molecule has 2 atom stereocenters. The van der Waals surface area contributed by atoms with Crippen LogP contribution in [-0.4, -0.2) is 54.6 Å². The number of alkyl carbamates (subject to hydrolysis) is 1. The van der Waals surface area contributed by atoms with E-state index in [0.29, 0.717) is 11.4 Å². The van der Waals surface area contributed by atoms with E-state index in [4.69, 9.17) is 4.74 Å². The summed E-state index contributed by atoms with van der Waals surface area (Å²) in [5.74, 6) is -0.179. The van der Waals surface area contributed by atoms with E-state index in [1.807, 2.05) is 32.2 Å². The maximum atomic E-state index is 12.5. The molecule has 1 aliphatic rings. The van der Waals surface area contributed by atoms with Gasteiger partial charge >= 0.3 is 6.09 Å². The van der Waals surface area contributed by atoms with E-state index in [9.17, 15) is 14.4 Å². The van der Waals surface area contributed by atoms with Gasteiger partial charge in [-0.25, -0.2) is 4.79 Å². The quantitative estimate of drug-likeness (QED) is 0.756. The minimum absolute atomic E-state index is 0.0126. The molecular formula is C20H31N3O4S. The van der Waals surface area contributed by atoms with Crippen molar-refractivity contribution in [2.75, 3.05) is 20.1 Å². The summed E-state index contributed by atoms with van der Waals surface area (Å²) in [5, 5.41) is 7.70. The Kier molecular flexibility index (Phi) is 7.86. The van der Waals surface area contributed by atoms with Crippen LogP contribution in [0.1, 0.15) is 56.1 Å². The Morgan fingerprint density at radius 3 is 2.61 bits per heavy atom. The zero-order chi connectivity index (χ0) is 20.7. The van der Waals surface area contributed by atoms with Crippen LogP contribution in [0, 0.1) is 5.92 Å². The second-order valence-corrected chi connectivity index (χ2v) is 9.19. The van der Waals surface area contributed by atoms with Gasteiger partial charge in [0.25, 0.3) is 5.91 Å². The zero-order valence-corrected chi connectivity index (χ0v) is 17.9. The number of hydrogen-bond acceptors (Lipinski definition) is 5. The van der Waals surface area contributed by atoms with Crippen molar-refractivity contribution in [2.24, 2.45) is 5.92 Å². The first-order chi connectivity index (χ1) is 13.2. The van der Waals surface area contributed by atoms with E-state index >= 15 is 0 Å². The van der Waals surface area contributed by atoms with Crippen molar-refractivity contribution in [3.63, 3.8) is 0 Å². The lowest BCUT2D eigenvalue weighted by molar-refractivity contribution is -0.122. The summed E-state index contributed by atoms with van der Waals surface area (Å²) in [4.78, 5) is 38.7. The van der Waals surface area contributed by atoms with Crippen molar-refractivity contribution in [1.82, 2.24) is 15.5 Å². The van der Waals surface area contributed by atoms with Crippen LogP contribution >= 0.6 is 11.3 Å². The van der Waals surface area contributed by atoms with Gasteiger partial charge in [-0.1, -0.05) is 18.9 Å². The summed E-state index contributed by atoms with van der Waals surface area (Å²) in [7, 11) is 1.63. The van der Waals surface area contributed by atoms with E-state index < -0.39 is 11.7 Å². The highest BCUT2D eigenvalue weighted by molar-refractivity contribution is 7.12. The van der Waals surface area contributed by atoms with Gasteiger partial charge in [-0.2, -0.15) is 0 Å². The molecule has 28 heavy (non-hydrogen) atoms. The maximum absolute atomic E-state index is 12.5. The van der Waals surface area contributed by atoms with Crippen molar-refractivity contribution >= 4 is 29.2 Å². The van der Waals surface area contributed by atoms with Gasteiger partial charge in [0.15, 0.2) is 0 Å². The maximum Gasteiger partial charge on any atom is 0.407 e. The summed E-state index contributed by atoms with van der Waals surface area (Å²) in [5.41, 5.74) is -0.538. The molecule has 1 aromatic rings. The van der Waals surface area contributed by atoms with Crippen LogP contribution in [0.25, 0.3) is 0 Å². The summed E-state index contributed by atoms with van der Waals surface area (Å²) >= 11 is 1.36. The van der Waals surface area contributed by atoms with E-state index in [0.717, 1.165) is 25.7 Å². The molecule has 8 heteroatoms. The molecule has 1 aromatic heterocycles. The Labute approximate surface area is 170 Å². The van der Waals surface area contributed by atoms with Crippen LogP contribution in [0.5, 0.6) is 0 Å². The van der Waals surface area contributed by atoms with Crippen molar-refractivity contribution in [3.05, 3.63) is 22.4 Å². The molecular weight excluding hydrogens is 378 g/mol. The highest BCUT2D eigenvalue weighted by Crippen LogP contribution is 2.24. The first kappa shape index (κ1) is 22.2. The van der Waals surface area contributed by atoms with Gasteiger partial charge in [-0.05, 0) is 51.0 Å². The number of nitrogens with zero attached hydrogens (tertiary/aromatic N) is 1. The van der Waals surface area contributed by atoms with E-state index in [2.05, 4.69) is 10.6 Å². The molecule has 0 saturated heterocycles. The highest BCUT2D eigenvalue weighted by Gasteiger charge is 2.28. The first-order valence-corrected chi connectivity index (χ1v) is 10.6. The van der Waals surface area contributed by atoms with Crippen molar-refractivity contribution < 1.29 is 19.1 Å². The molecule has 0 spiro atoms. The number of thiophene rings is 1. The Hall–Kier alpha value is -2.09. The Bertz CT molecular complexity index is 669. The molecule has 2 N–H and O–H groups in total. The third-order valence-corrected chi connectivity index (χ3v) is 5.48. The van der Waals surface area contributed by atoms with Crippen molar-refractivity contribution in [2.45, 2.75) is 58.1 Å². The Morgan fingerprint density at radius 1 is 1.25 bits per heavy atom. The summed E-state index contributed by atoms with van der Waals surface area (Å²) < 4.78 is 5.28. The van der Waals surface area contributed by atoms with Gasteiger partial charge in [0, 0.05) is 19.6 Å². The number of carbonyl (C=O) groups excluding carboxylic acids is 3. The third kappa shape index (κ3) is 7.14. The molecule has 1 aliphatic carbocycles. The van der Waals surface area contributed by atoms with Crippen LogP contribution in [0.4, 0.5) is 4.79 Å². The van der Waals surface area contributed by atoms with Crippen LogP contribution in [0.15, 0.2) is 17.5 Å². The zero-order valence-electron chi connectivity index (χ0n) is 17.1. The normalized spacial score (nSPS) is 19.6. The van der Waals surface area contributed by atoms with Gasteiger partial charge < -0.3 is 20.3 Å². The van der Waals surface area contributed by atoms with Crippen LogP contribution in [0.2, 0.25) is 0 Å². The molecule has 0 aliphatic heterocycles. The summed E-state index contributed by atoms with van der Waals surface area (Å²) in [6.07, 6.45) is 3.48. The van der Waals surface area contributed by atoms with Crippen molar-refractivity contribution in [1.29, 1.82) is 0 Å². The second-order valence-electron chi connectivity index (χ2n) is 8.24. The lowest BCUT2D eigenvalue weighted by Gasteiger charge is -2.33. The second kappa shape index (κ2) is 9.91. The number of carbonyl (C=O) groups is 3. The molecule has 0 bridgehead atoms. The Balaban J connectivity index is 1.83. The number of hydrogen-bond donors (Lipinski definition) is 2. The largest absolute Gasteiger partial charge is 0.444 e. The molecule has 1 heterocycles. The average Bonchev–Trinajstić information content (AvgIpc) is 3.13. The molecule has 1 fully saturated rings. The predicted molar refractivity (Wildman–Crippen MR) is 109 cm³/mol. The molecule has 0 aromatic carbocycles. The molecule has 7 nitrogen and oxygen atoms in total. The fourth-order valence-corrected chi connectivity index (χ4v) is 4.02. The van der Waals surface area contributed by atoms with Crippen LogP contribution < -0.4 is 10.6 Å². The topological polar surface area (TPSA) is 87.7 Å². The van der Waals surface area contributed by atoms with E-state index in [-0.39, 0.29) is 30.3 Å². The van der Waals surface area contributed by atoms with Gasteiger partial charge in [0.2, 0.25) is 5.91 Å². The number of amides is 3.